The molecule has 2 fully saturated rings. The Morgan fingerprint density at radius 1 is 1.06 bits per heavy atom. The molecule has 0 bridgehead atoms. The largest absolute Gasteiger partial charge is 0.363 e. The van der Waals surface area contributed by atoms with Crippen LogP contribution in [0.1, 0.15) is 18.5 Å². The molecule has 1 unspecified atom stereocenters. The van der Waals surface area contributed by atoms with Crippen LogP contribution in [0.25, 0.3) is 0 Å². The van der Waals surface area contributed by atoms with E-state index in [0.717, 1.165) is 0 Å². The summed E-state index contributed by atoms with van der Waals surface area (Å²) in [7, 11) is -9.55. The molecule has 2 heterocycles. The molecule has 6 amide bonds. The number of carbonyl (C=O) groups excluding carboxylic acids is 5. The number of nitrogens with zero attached hydrogens (tertiary/aromatic N) is 3. The van der Waals surface area contributed by atoms with E-state index in [2.05, 4.69) is 10.6 Å². The number of imide groups is 1. The van der Waals surface area contributed by atoms with Crippen LogP contribution in [0, 0.1) is 0 Å². The predicted octanol–water partition coefficient (Wildman–Crippen LogP) is -2.37. The molecule has 2 aliphatic rings. The van der Waals surface area contributed by atoms with Crippen LogP contribution < -0.4 is 10.6 Å². The van der Waals surface area contributed by atoms with Gasteiger partial charge in [-0.2, -0.15) is 12.7 Å². The minimum Gasteiger partial charge on any atom is -0.339 e. The Kier molecular flexibility index (Phi) is 7.37. The van der Waals surface area contributed by atoms with E-state index in [0.29, 0.717) is 11.2 Å². The molecule has 196 valence electrons. The summed E-state index contributed by atoms with van der Waals surface area (Å²) in [5, 5.41) is 2.27. The van der Waals surface area contributed by atoms with Gasteiger partial charge in [-0.05, 0) is 12.5 Å². The number of nitrogens with one attached hydrogen (secondary N) is 2. The molecule has 3 N–H and O–H groups in total. The second-order valence-corrected chi connectivity index (χ2v) is 11.4. The number of hydrogen-bond donors (Lipinski definition) is 3. The first-order valence-corrected chi connectivity index (χ1v) is 13.8. The molecule has 1 aromatic carbocycles. The van der Waals surface area contributed by atoms with Crippen LogP contribution >= 0.6 is 0 Å². The highest BCUT2D eigenvalue weighted by Crippen LogP contribution is 2.28. The second kappa shape index (κ2) is 9.82. The number of carbonyl (C=O) groups is 5. The quantitative estimate of drug-likeness (QED) is 0.188. The second-order valence-electron chi connectivity index (χ2n) is 7.95. The molecule has 15 nitrogen and oxygen atoms in total. The minimum atomic E-state index is -5.24. The molecule has 0 saturated carbocycles. The van der Waals surface area contributed by atoms with E-state index in [4.69, 9.17) is 0 Å². The summed E-state index contributed by atoms with van der Waals surface area (Å²) < 4.78 is 56.0. The molecule has 17 heteroatoms. The van der Waals surface area contributed by atoms with Gasteiger partial charge in [0.1, 0.15) is 12.1 Å². The number of rotatable bonds is 7. The fourth-order valence-corrected chi connectivity index (χ4v) is 6.44. The summed E-state index contributed by atoms with van der Waals surface area (Å²) in [5.41, 5.74) is 0.170. The third-order valence-corrected chi connectivity index (χ3v) is 7.98. The van der Waals surface area contributed by atoms with E-state index in [1.54, 1.807) is 13.0 Å². The normalized spacial score (nSPS) is 21.6. The van der Waals surface area contributed by atoms with Gasteiger partial charge in [0.05, 0.1) is 0 Å². The first-order chi connectivity index (χ1) is 16.7. The molecular weight excluding hydrogens is 522 g/mol. The van der Waals surface area contributed by atoms with Gasteiger partial charge < -0.3 is 15.5 Å². The van der Waals surface area contributed by atoms with Gasteiger partial charge in [-0.15, -0.1) is 0 Å². The standard InChI is InChI=1S/C19H23N5O10S2/c1-3-22-9-10-23(17(28)16(22)27)19(29)21-12(11-7-5-4-6-8-11)14(25)20-13-15(26)24(36(32,33)34)18(13)35(2,30)31/h4-8,12-13,18H,3,9-10H2,1-2H3,(H,20,25)(H,21,29)(H,32,33,34)/t12?,13-,18-/m1/s1. The van der Waals surface area contributed by atoms with Gasteiger partial charge in [0.2, 0.25) is 5.91 Å². The van der Waals surface area contributed by atoms with Crippen LogP contribution in [0.2, 0.25) is 0 Å². The summed E-state index contributed by atoms with van der Waals surface area (Å²) in [5.74, 6) is -4.53. The fourth-order valence-electron chi connectivity index (χ4n) is 3.79. The van der Waals surface area contributed by atoms with Crippen molar-refractivity contribution in [2.75, 3.05) is 25.9 Å². The van der Waals surface area contributed by atoms with Crippen LogP contribution in [0.15, 0.2) is 30.3 Å². The minimum absolute atomic E-state index is 0.0782. The molecule has 1 aromatic rings. The van der Waals surface area contributed by atoms with Crippen molar-refractivity contribution in [3.63, 3.8) is 0 Å². The molecule has 0 aromatic heterocycles. The third-order valence-electron chi connectivity index (χ3n) is 5.58. The molecule has 0 aliphatic carbocycles. The molecule has 3 rings (SSSR count). The highest BCUT2D eigenvalue weighted by Gasteiger charge is 2.59. The molecule has 0 radical (unpaired) electrons. The fraction of sp³-hybridized carbons (Fsp3) is 0.421. The maximum atomic E-state index is 13.1. The van der Waals surface area contributed by atoms with Gasteiger partial charge >= 0.3 is 28.1 Å². The van der Waals surface area contributed by atoms with E-state index in [1.165, 1.54) is 29.2 Å². The third kappa shape index (κ3) is 5.17. The Hall–Kier alpha value is -3.57. The molecule has 0 spiro atoms. The summed E-state index contributed by atoms with van der Waals surface area (Å²) in [6.07, 6.45) is 0.608. The lowest BCUT2D eigenvalue weighted by atomic mass is 10.0. The van der Waals surface area contributed by atoms with Crippen molar-refractivity contribution < 1.29 is 45.4 Å². The van der Waals surface area contributed by atoms with E-state index in [-0.39, 0.29) is 29.5 Å². The lowest BCUT2D eigenvalue weighted by Gasteiger charge is -2.43. The Morgan fingerprint density at radius 2 is 1.67 bits per heavy atom. The highest BCUT2D eigenvalue weighted by molar-refractivity contribution is 7.93. The summed E-state index contributed by atoms with van der Waals surface area (Å²) >= 11 is 0. The van der Waals surface area contributed by atoms with Crippen molar-refractivity contribution in [3.05, 3.63) is 35.9 Å². The van der Waals surface area contributed by atoms with Crippen LogP contribution in [0.4, 0.5) is 4.79 Å². The Labute approximate surface area is 206 Å². The number of hydrogen-bond acceptors (Lipinski definition) is 9. The zero-order chi connectivity index (χ0) is 27.0. The van der Waals surface area contributed by atoms with Gasteiger partial charge in [-0.1, -0.05) is 30.3 Å². The highest BCUT2D eigenvalue weighted by atomic mass is 32.2. The summed E-state index contributed by atoms with van der Waals surface area (Å²) in [6, 6.07) is 2.95. The van der Waals surface area contributed by atoms with Crippen molar-refractivity contribution in [1.82, 2.24) is 24.7 Å². The topological polar surface area (TPSA) is 208 Å². The molecule has 36 heavy (non-hydrogen) atoms. The monoisotopic (exact) mass is 545 g/mol. The van der Waals surface area contributed by atoms with E-state index in [1.807, 2.05) is 0 Å². The van der Waals surface area contributed by atoms with Gasteiger partial charge in [-0.25, -0.2) is 13.2 Å². The summed E-state index contributed by atoms with van der Waals surface area (Å²) in [6.45, 7) is 1.85. The van der Waals surface area contributed by atoms with Gasteiger partial charge in [0.25, 0.3) is 5.91 Å². The van der Waals surface area contributed by atoms with Crippen molar-refractivity contribution >= 4 is 49.8 Å². The zero-order valence-corrected chi connectivity index (χ0v) is 20.7. The van der Waals surface area contributed by atoms with Crippen molar-refractivity contribution in [1.29, 1.82) is 0 Å². The summed E-state index contributed by atoms with van der Waals surface area (Å²) in [4.78, 5) is 64.6. The van der Waals surface area contributed by atoms with Crippen molar-refractivity contribution in [2.45, 2.75) is 24.4 Å². The lowest BCUT2D eigenvalue weighted by molar-refractivity contribution is -0.153. The first kappa shape index (κ1) is 27.0. The van der Waals surface area contributed by atoms with E-state index in [9.17, 15) is 45.4 Å². The van der Waals surface area contributed by atoms with Crippen molar-refractivity contribution in [2.24, 2.45) is 0 Å². The molecule has 2 saturated heterocycles. The van der Waals surface area contributed by atoms with E-state index < -0.39 is 67.3 Å². The number of benzene rings is 1. The Morgan fingerprint density at radius 3 is 2.19 bits per heavy atom. The Bertz CT molecular complexity index is 1320. The first-order valence-electron chi connectivity index (χ1n) is 10.4. The van der Waals surface area contributed by atoms with Gasteiger partial charge in [0.15, 0.2) is 15.2 Å². The number of sulfone groups is 1. The zero-order valence-electron chi connectivity index (χ0n) is 19.0. The lowest BCUT2D eigenvalue weighted by Crippen LogP contribution is -2.74. The van der Waals surface area contributed by atoms with Crippen LogP contribution in [0.5, 0.6) is 0 Å². The van der Waals surface area contributed by atoms with Crippen molar-refractivity contribution in [3.8, 4) is 0 Å². The molecule has 2 aliphatic heterocycles. The maximum absolute atomic E-state index is 13.1. The number of amides is 6. The van der Waals surface area contributed by atoms with Gasteiger partial charge in [0, 0.05) is 25.9 Å². The number of likely N-dealkylation sites (N-methyl/N-ethyl adjacent to an activating group) is 1. The number of piperazine rings is 1. The van der Waals surface area contributed by atoms with Crippen LogP contribution in [-0.2, 0) is 39.3 Å². The molecule has 3 atom stereocenters. The van der Waals surface area contributed by atoms with E-state index >= 15 is 0 Å². The van der Waals surface area contributed by atoms with Gasteiger partial charge in [-0.3, -0.25) is 28.6 Å². The molecular formula is C19H23N5O10S2. The number of β-lactam (4-membered cyclic amide) rings is 1. The van der Waals surface area contributed by atoms with Crippen LogP contribution in [-0.4, -0.2) is 102 Å². The predicted molar refractivity (Wildman–Crippen MR) is 121 cm³/mol. The van der Waals surface area contributed by atoms with Crippen LogP contribution in [0.3, 0.4) is 0 Å². The Balaban J connectivity index is 1.85. The SMILES string of the molecule is CCN1CCN(C(=O)NC(C(=O)N[C@@H]2C(=O)N(S(=O)(=O)O)[C@@H]2S(C)(=O)=O)c2ccccc2)C(=O)C1=O. The number of urea groups is 1. The average molecular weight is 546 g/mol. The smallest absolute Gasteiger partial charge is 0.339 e. The average Bonchev–Trinajstić information content (AvgIpc) is 2.79. The maximum Gasteiger partial charge on any atom is 0.363 e.